The molecule has 2 N–H and O–H groups in total. The molecule has 0 saturated carbocycles. The summed E-state index contributed by atoms with van der Waals surface area (Å²) in [7, 11) is 0. The molecule has 0 bridgehead atoms. The highest BCUT2D eigenvalue weighted by Crippen LogP contribution is 2.31. The van der Waals surface area contributed by atoms with Crippen molar-refractivity contribution in [1.29, 1.82) is 0 Å². The van der Waals surface area contributed by atoms with E-state index in [0.29, 0.717) is 12.1 Å². The smallest absolute Gasteiger partial charge is 0.336 e. The van der Waals surface area contributed by atoms with Crippen molar-refractivity contribution in [2.45, 2.75) is 18.6 Å². The van der Waals surface area contributed by atoms with E-state index in [2.05, 4.69) is 9.97 Å². The van der Waals surface area contributed by atoms with Gasteiger partial charge in [0.05, 0.1) is 0 Å². The number of hydrogen-bond donors (Lipinski definition) is 1. The van der Waals surface area contributed by atoms with E-state index in [0.717, 1.165) is 17.3 Å². The van der Waals surface area contributed by atoms with E-state index in [1.54, 1.807) is 0 Å². The van der Waals surface area contributed by atoms with Gasteiger partial charge in [-0.15, -0.1) is 0 Å². The van der Waals surface area contributed by atoms with E-state index < -0.39 is 47.0 Å². The molecule has 11 heteroatoms. The minimum atomic E-state index is -4.83. The zero-order chi connectivity index (χ0) is 20.6. The first-order valence-electron chi connectivity index (χ1n) is 8.14. The molecule has 2 aromatic rings. The lowest BCUT2D eigenvalue weighted by atomic mass is 9.87. The molecule has 2 heterocycles. The molecule has 1 aromatic carbocycles. The number of halogens is 6. The Bertz CT molecular complexity index is 898. The van der Waals surface area contributed by atoms with Gasteiger partial charge >= 0.3 is 6.18 Å². The Labute approximate surface area is 155 Å². The van der Waals surface area contributed by atoms with Gasteiger partial charge in [0.15, 0.2) is 23.0 Å². The summed E-state index contributed by atoms with van der Waals surface area (Å²) in [5.41, 5.74) is 3.63. The summed E-state index contributed by atoms with van der Waals surface area (Å²) < 4.78 is 78.8. The summed E-state index contributed by atoms with van der Waals surface area (Å²) in [6, 6.07) is 0.425. The molecule has 1 fully saturated rings. The maximum atomic E-state index is 13.7. The molecule has 1 aliphatic heterocycles. The van der Waals surface area contributed by atoms with Crippen LogP contribution in [-0.4, -0.2) is 39.9 Å². The summed E-state index contributed by atoms with van der Waals surface area (Å²) in [6.45, 7) is 0.0539. The number of nitrogens with zero attached hydrogens (tertiary/aromatic N) is 3. The minimum absolute atomic E-state index is 0.0270. The predicted molar refractivity (Wildman–Crippen MR) is 84.4 cm³/mol. The third kappa shape index (κ3) is 3.93. The molecule has 150 valence electrons. The fraction of sp³-hybridized carbons (Fsp3) is 0.353. The van der Waals surface area contributed by atoms with Crippen molar-refractivity contribution in [2.24, 2.45) is 11.7 Å². The maximum absolute atomic E-state index is 13.7. The molecule has 28 heavy (non-hydrogen) atoms. The third-order valence-electron chi connectivity index (χ3n) is 4.52. The minimum Gasteiger partial charge on any atom is -0.336 e. The standard InChI is InChI=1S/C17H14F6N4O/c18-10-5-12(20)11(19)3-8(10)4-13(24)9-6-27(7-9)16(28)14-15(17(21,22)23)26-2-1-25-14/h1-3,5,9,13H,4,6-7,24H2/t13-/m1/s1. The molecule has 3 rings (SSSR count). The Morgan fingerprint density at radius 3 is 2.36 bits per heavy atom. The second-order valence-corrected chi connectivity index (χ2v) is 6.45. The number of rotatable bonds is 4. The Morgan fingerprint density at radius 1 is 1.11 bits per heavy atom. The average molecular weight is 404 g/mol. The molecule has 0 aliphatic carbocycles. The maximum Gasteiger partial charge on any atom is 0.435 e. The summed E-state index contributed by atoms with van der Waals surface area (Å²) in [4.78, 5) is 20.1. The van der Waals surface area contributed by atoms with Crippen LogP contribution in [0.2, 0.25) is 0 Å². The van der Waals surface area contributed by atoms with E-state index in [-0.39, 0.29) is 31.0 Å². The zero-order valence-electron chi connectivity index (χ0n) is 14.2. The zero-order valence-corrected chi connectivity index (χ0v) is 14.2. The van der Waals surface area contributed by atoms with Crippen molar-refractivity contribution < 1.29 is 31.1 Å². The molecule has 0 radical (unpaired) electrons. The van der Waals surface area contributed by atoms with Crippen molar-refractivity contribution in [3.63, 3.8) is 0 Å². The van der Waals surface area contributed by atoms with Crippen LogP contribution < -0.4 is 5.73 Å². The first-order chi connectivity index (χ1) is 13.1. The number of nitrogens with two attached hydrogens (primary N) is 1. The van der Waals surface area contributed by atoms with E-state index in [1.165, 1.54) is 0 Å². The van der Waals surface area contributed by atoms with Gasteiger partial charge in [-0.2, -0.15) is 13.2 Å². The molecular formula is C17H14F6N4O. The third-order valence-corrected chi connectivity index (χ3v) is 4.52. The van der Waals surface area contributed by atoms with Crippen LogP contribution in [0.25, 0.3) is 0 Å². The summed E-state index contributed by atoms with van der Waals surface area (Å²) in [5, 5.41) is 0. The molecular weight excluding hydrogens is 390 g/mol. The first kappa shape index (κ1) is 20.1. The SMILES string of the molecule is N[C@H](Cc1cc(F)c(F)cc1F)C1CN(C(=O)c2nccnc2C(F)(F)F)C1. The highest BCUT2D eigenvalue weighted by molar-refractivity contribution is 5.94. The van der Waals surface area contributed by atoms with Crippen LogP contribution in [0.3, 0.4) is 0 Å². The van der Waals surface area contributed by atoms with Crippen LogP contribution in [0.15, 0.2) is 24.5 Å². The fourth-order valence-corrected chi connectivity index (χ4v) is 2.94. The van der Waals surface area contributed by atoms with Crippen LogP contribution in [0.1, 0.15) is 21.7 Å². The normalized spacial score (nSPS) is 16.0. The monoisotopic (exact) mass is 404 g/mol. The number of aromatic nitrogens is 2. The van der Waals surface area contributed by atoms with Crippen LogP contribution in [0.5, 0.6) is 0 Å². The summed E-state index contributed by atoms with van der Waals surface area (Å²) in [6.07, 6.45) is -3.12. The molecule has 1 aromatic heterocycles. The molecule has 1 saturated heterocycles. The predicted octanol–water partition coefficient (Wildman–Crippen LogP) is 2.55. The van der Waals surface area contributed by atoms with Crippen molar-refractivity contribution in [2.75, 3.05) is 13.1 Å². The number of amides is 1. The van der Waals surface area contributed by atoms with E-state index in [1.807, 2.05) is 0 Å². The molecule has 0 spiro atoms. The van der Waals surface area contributed by atoms with Crippen LogP contribution in [0.4, 0.5) is 26.3 Å². The molecule has 1 atom stereocenters. The van der Waals surface area contributed by atoms with Gasteiger partial charge in [0, 0.05) is 43.5 Å². The highest BCUT2D eigenvalue weighted by Gasteiger charge is 2.42. The fourth-order valence-electron chi connectivity index (χ4n) is 2.94. The lowest BCUT2D eigenvalue weighted by Crippen LogP contribution is -2.57. The number of benzene rings is 1. The molecule has 1 amide bonds. The van der Waals surface area contributed by atoms with Crippen molar-refractivity contribution >= 4 is 5.91 Å². The van der Waals surface area contributed by atoms with Gasteiger partial charge in [0.1, 0.15) is 5.82 Å². The average Bonchev–Trinajstić information content (AvgIpc) is 2.57. The highest BCUT2D eigenvalue weighted by atomic mass is 19.4. The molecule has 1 aliphatic rings. The first-order valence-corrected chi connectivity index (χ1v) is 8.14. The van der Waals surface area contributed by atoms with E-state index in [9.17, 15) is 31.1 Å². The van der Waals surface area contributed by atoms with Crippen LogP contribution in [-0.2, 0) is 12.6 Å². The molecule has 0 unspecified atom stereocenters. The summed E-state index contributed by atoms with van der Waals surface area (Å²) in [5.74, 6) is -4.77. The lowest BCUT2D eigenvalue weighted by molar-refractivity contribution is -0.142. The van der Waals surface area contributed by atoms with Crippen molar-refractivity contribution in [3.8, 4) is 0 Å². The Balaban J connectivity index is 1.65. The van der Waals surface area contributed by atoms with Crippen LogP contribution >= 0.6 is 0 Å². The van der Waals surface area contributed by atoms with Crippen molar-refractivity contribution in [3.05, 3.63) is 58.9 Å². The van der Waals surface area contributed by atoms with E-state index in [4.69, 9.17) is 5.73 Å². The Morgan fingerprint density at radius 2 is 1.71 bits per heavy atom. The topological polar surface area (TPSA) is 72.1 Å². The van der Waals surface area contributed by atoms with Gasteiger partial charge in [-0.3, -0.25) is 4.79 Å². The van der Waals surface area contributed by atoms with Gasteiger partial charge in [-0.05, 0) is 18.1 Å². The largest absolute Gasteiger partial charge is 0.435 e. The second-order valence-electron chi connectivity index (χ2n) is 6.45. The number of carbonyl (C=O) groups is 1. The van der Waals surface area contributed by atoms with Gasteiger partial charge in [0.2, 0.25) is 0 Å². The number of alkyl halides is 3. The lowest BCUT2D eigenvalue weighted by Gasteiger charge is -2.42. The second kappa shape index (κ2) is 7.38. The van der Waals surface area contributed by atoms with Crippen molar-refractivity contribution in [1.82, 2.24) is 14.9 Å². The summed E-state index contributed by atoms with van der Waals surface area (Å²) >= 11 is 0. The van der Waals surface area contributed by atoms with Gasteiger partial charge < -0.3 is 10.6 Å². The van der Waals surface area contributed by atoms with Gasteiger partial charge in [-0.1, -0.05) is 0 Å². The number of hydrogen-bond acceptors (Lipinski definition) is 4. The molecule has 5 nitrogen and oxygen atoms in total. The number of carbonyl (C=O) groups excluding carboxylic acids is 1. The quantitative estimate of drug-likeness (QED) is 0.628. The Kier molecular flexibility index (Phi) is 5.28. The van der Waals surface area contributed by atoms with E-state index >= 15 is 0 Å². The van der Waals surface area contributed by atoms with Gasteiger partial charge in [0.25, 0.3) is 5.91 Å². The number of likely N-dealkylation sites (tertiary alicyclic amines) is 1. The van der Waals surface area contributed by atoms with Crippen LogP contribution in [0, 0.1) is 23.4 Å². The van der Waals surface area contributed by atoms with Gasteiger partial charge in [-0.25, -0.2) is 23.1 Å². The Hall–Kier alpha value is -2.69.